The number of hydrogen-bond donors (Lipinski definition) is 2. The van der Waals surface area contributed by atoms with Crippen molar-refractivity contribution in [3.8, 4) is 5.69 Å². The predicted molar refractivity (Wildman–Crippen MR) is 117 cm³/mol. The minimum Gasteiger partial charge on any atom is -0.326 e. The van der Waals surface area contributed by atoms with Crippen LogP contribution in [0, 0.1) is 0 Å². The fourth-order valence-electron chi connectivity index (χ4n) is 2.90. The molecule has 3 rings (SSSR count). The van der Waals surface area contributed by atoms with E-state index in [9.17, 15) is 13.2 Å². The topological polar surface area (TPSA) is 93.1 Å². The van der Waals surface area contributed by atoms with Gasteiger partial charge in [0.2, 0.25) is 15.9 Å². The van der Waals surface area contributed by atoms with Crippen LogP contribution in [0.5, 0.6) is 0 Å². The number of rotatable bonds is 10. The lowest BCUT2D eigenvalue weighted by molar-refractivity contribution is -0.116. The molecule has 158 valence electrons. The summed E-state index contributed by atoms with van der Waals surface area (Å²) in [6, 6.07) is 16.0. The van der Waals surface area contributed by atoms with E-state index >= 15 is 0 Å². The number of carbonyl (C=O) groups is 1. The fraction of sp³-hybridized carbons (Fsp3) is 0.273. The van der Waals surface area contributed by atoms with Crippen molar-refractivity contribution < 1.29 is 13.2 Å². The van der Waals surface area contributed by atoms with Crippen LogP contribution >= 0.6 is 0 Å². The first-order chi connectivity index (χ1) is 14.5. The highest BCUT2D eigenvalue weighted by Gasteiger charge is 2.14. The van der Waals surface area contributed by atoms with Gasteiger partial charge in [0, 0.05) is 24.8 Å². The Hall–Kier alpha value is -2.97. The van der Waals surface area contributed by atoms with E-state index < -0.39 is 10.0 Å². The summed E-state index contributed by atoms with van der Waals surface area (Å²) in [5.74, 6) is -0.184. The molecule has 1 amide bonds. The van der Waals surface area contributed by atoms with Crippen molar-refractivity contribution >= 4 is 21.6 Å². The van der Waals surface area contributed by atoms with E-state index in [0.29, 0.717) is 18.7 Å². The molecule has 0 fully saturated rings. The van der Waals surface area contributed by atoms with Crippen molar-refractivity contribution in [1.29, 1.82) is 0 Å². The zero-order valence-electron chi connectivity index (χ0n) is 16.9. The number of nitrogens with one attached hydrogen (secondary N) is 2. The Kier molecular flexibility index (Phi) is 7.37. The first-order valence-electron chi connectivity index (χ1n) is 9.96. The third-order valence-electron chi connectivity index (χ3n) is 4.55. The number of anilines is 1. The maximum atomic E-state index is 12.3. The molecule has 0 unspecified atom stereocenters. The van der Waals surface area contributed by atoms with Crippen molar-refractivity contribution in [2.75, 3.05) is 11.9 Å². The highest BCUT2D eigenvalue weighted by molar-refractivity contribution is 7.89. The van der Waals surface area contributed by atoms with Crippen molar-refractivity contribution in [1.82, 2.24) is 14.5 Å². The number of aryl methyl sites for hydroxylation is 1. The van der Waals surface area contributed by atoms with Gasteiger partial charge < -0.3 is 5.32 Å². The average molecular weight is 427 g/mol. The van der Waals surface area contributed by atoms with E-state index in [4.69, 9.17) is 0 Å². The molecule has 0 aliphatic rings. The molecule has 2 aromatic carbocycles. The Balaban J connectivity index is 1.56. The van der Waals surface area contributed by atoms with Gasteiger partial charge in [-0.3, -0.25) is 4.79 Å². The van der Waals surface area contributed by atoms with Gasteiger partial charge in [0.25, 0.3) is 0 Å². The number of benzene rings is 2. The smallest absolute Gasteiger partial charge is 0.240 e. The maximum Gasteiger partial charge on any atom is 0.240 e. The SMILES string of the molecule is CCCCNS(=O)(=O)c1cccc(NC(=O)CCc2cnn(-c3ccccc3)c2)c1. The van der Waals surface area contributed by atoms with Crippen molar-refractivity contribution in [3.05, 3.63) is 72.6 Å². The average Bonchev–Trinajstić information content (AvgIpc) is 3.22. The van der Waals surface area contributed by atoms with Crippen LogP contribution in [0.2, 0.25) is 0 Å². The molecule has 1 heterocycles. The fourth-order valence-corrected chi connectivity index (χ4v) is 4.02. The van der Waals surface area contributed by atoms with Gasteiger partial charge in [0.05, 0.1) is 16.8 Å². The minimum atomic E-state index is -3.58. The second kappa shape index (κ2) is 10.2. The van der Waals surface area contributed by atoms with E-state index in [1.165, 1.54) is 12.1 Å². The zero-order valence-corrected chi connectivity index (χ0v) is 17.7. The number of sulfonamides is 1. The number of aromatic nitrogens is 2. The summed E-state index contributed by atoms with van der Waals surface area (Å²) in [5, 5.41) is 7.10. The molecule has 0 saturated carbocycles. The molecule has 3 aromatic rings. The van der Waals surface area contributed by atoms with Crippen LogP contribution in [-0.4, -0.2) is 30.7 Å². The van der Waals surface area contributed by atoms with Gasteiger partial charge >= 0.3 is 0 Å². The summed E-state index contributed by atoms with van der Waals surface area (Å²) in [6.45, 7) is 2.39. The molecule has 8 heteroatoms. The van der Waals surface area contributed by atoms with E-state index in [2.05, 4.69) is 15.1 Å². The summed E-state index contributed by atoms with van der Waals surface area (Å²) in [6.07, 6.45) is 6.13. The Morgan fingerprint density at radius 1 is 1.10 bits per heavy atom. The largest absolute Gasteiger partial charge is 0.326 e. The minimum absolute atomic E-state index is 0.139. The lowest BCUT2D eigenvalue weighted by Gasteiger charge is -2.09. The molecule has 0 radical (unpaired) electrons. The quantitative estimate of drug-likeness (QED) is 0.485. The van der Waals surface area contributed by atoms with Crippen LogP contribution in [0.15, 0.2) is 71.9 Å². The van der Waals surface area contributed by atoms with E-state index in [1.54, 1.807) is 23.0 Å². The molecule has 0 saturated heterocycles. The Morgan fingerprint density at radius 3 is 2.67 bits per heavy atom. The second-order valence-electron chi connectivity index (χ2n) is 6.96. The van der Waals surface area contributed by atoms with Crippen molar-refractivity contribution in [3.63, 3.8) is 0 Å². The molecular formula is C22H26N4O3S. The van der Waals surface area contributed by atoms with Crippen LogP contribution < -0.4 is 10.0 Å². The monoisotopic (exact) mass is 426 g/mol. The molecule has 7 nitrogen and oxygen atoms in total. The molecule has 1 aromatic heterocycles. The number of carbonyl (C=O) groups excluding carboxylic acids is 1. The molecule has 0 bridgehead atoms. The van der Waals surface area contributed by atoms with Crippen LogP contribution in [0.25, 0.3) is 5.69 Å². The molecule has 2 N–H and O–H groups in total. The van der Waals surface area contributed by atoms with Crippen molar-refractivity contribution in [2.24, 2.45) is 0 Å². The van der Waals surface area contributed by atoms with Gasteiger partial charge in [-0.15, -0.1) is 0 Å². The van der Waals surface area contributed by atoms with Crippen LogP contribution in [0.1, 0.15) is 31.7 Å². The third kappa shape index (κ3) is 6.01. The van der Waals surface area contributed by atoms with Crippen LogP contribution in [0.3, 0.4) is 0 Å². The molecule has 0 atom stereocenters. The van der Waals surface area contributed by atoms with Gasteiger partial charge in [-0.05, 0) is 48.7 Å². The normalized spacial score (nSPS) is 11.4. The van der Waals surface area contributed by atoms with E-state index in [-0.39, 0.29) is 17.2 Å². The Bertz CT molecular complexity index is 1080. The van der Waals surface area contributed by atoms with Crippen molar-refractivity contribution in [2.45, 2.75) is 37.5 Å². The number of nitrogens with zero attached hydrogens (tertiary/aromatic N) is 2. The number of para-hydroxylation sites is 1. The lowest BCUT2D eigenvalue weighted by atomic mass is 10.2. The van der Waals surface area contributed by atoms with Gasteiger partial charge in [0.1, 0.15) is 0 Å². The Labute approximate surface area is 177 Å². The predicted octanol–water partition coefficient (Wildman–Crippen LogP) is 3.52. The summed E-state index contributed by atoms with van der Waals surface area (Å²) in [4.78, 5) is 12.5. The van der Waals surface area contributed by atoms with E-state index in [1.807, 2.05) is 43.5 Å². The summed E-state index contributed by atoms with van der Waals surface area (Å²) in [7, 11) is -3.58. The van der Waals surface area contributed by atoms with Gasteiger partial charge in [-0.2, -0.15) is 5.10 Å². The third-order valence-corrected chi connectivity index (χ3v) is 6.01. The highest BCUT2D eigenvalue weighted by Crippen LogP contribution is 2.16. The van der Waals surface area contributed by atoms with Crippen LogP contribution in [0.4, 0.5) is 5.69 Å². The second-order valence-corrected chi connectivity index (χ2v) is 8.72. The number of amides is 1. The summed E-state index contributed by atoms with van der Waals surface area (Å²) in [5.41, 5.74) is 2.36. The standard InChI is InChI=1S/C22H26N4O3S/c1-2-3-14-24-30(28,29)21-11-7-8-19(15-21)25-22(27)13-12-18-16-23-26(17-18)20-9-5-4-6-10-20/h4-11,15-17,24H,2-3,12-14H2,1H3,(H,25,27). The number of unbranched alkanes of at least 4 members (excludes halogenated alkanes) is 1. The molecular weight excluding hydrogens is 400 g/mol. The zero-order chi connectivity index (χ0) is 21.4. The molecule has 30 heavy (non-hydrogen) atoms. The maximum absolute atomic E-state index is 12.3. The molecule has 0 aliphatic heterocycles. The summed E-state index contributed by atoms with van der Waals surface area (Å²) >= 11 is 0. The first kappa shape index (κ1) is 21.7. The first-order valence-corrected chi connectivity index (χ1v) is 11.4. The lowest BCUT2D eigenvalue weighted by Crippen LogP contribution is -2.24. The van der Waals surface area contributed by atoms with Crippen LogP contribution in [-0.2, 0) is 21.2 Å². The molecule has 0 spiro atoms. The summed E-state index contributed by atoms with van der Waals surface area (Å²) < 4.78 is 29.0. The van der Waals surface area contributed by atoms with Gasteiger partial charge in [0.15, 0.2) is 0 Å². The van der Waals surface area contributed by atoms with Gasteiger partial charge in [-0.1, -0.05) is 37.6 Å². The number of hydrogen-bond acceptors (Lipinski definition) is 4. The van der Waals surface area contributed by atoms with Gasteiger partial charge in [-0.25, -0.2) is 17.8 Å². The van der Waals surface area contributed by atoms with E-state index in [0.717, 1.165) is 24.1 Å². The molecule has 0 aliphatic carbocycles. The highest BCUT2D eigenvalue weighted by atomic mass is 32.2. The Morgan fingerprint density at radius 2 is 1.90 bits per heavy atom.